The summed E-state index contributed by atoms with van der Waals surface area (Å²) in [5, 5.41) is 0. The van der Waals surface area contributed by atoms with Gasteiger partial charge in [-0.15, -0.1) is 0 Å². The molecule has 1 rings (SSSR count). The maximum atomic E-state index is 12.2. The molecule has 0 aromatic carbocycles. The van der Waals surface area contributed by atoms with Crippen molar-refractivity contribution in [1.29, 1.82) is 0 Å². The fourth-order valence-electron chi connectivity index (χ4n) is 2.33. The van der Waals surface area contributed by atoms with Crippen LogP contribution in [-0.2, 0) is 4.79 Å². The summed E-state index contributed by atoms with van der Waals surface area (Å²) >= 11 is 11.3. The van der Waals surface area contributed by atoms with Crippen molar-refractivity contribution in [3.63, 3.8) is 0 Å². The highest BCUT2D eigenvalue weighted by molar-refractivity contribution is 6.55. The molecule has 0 aromatic rings. The van der Waals surface area contributed by atoms with Gasteiger partial charge in [0.1, 0.15) is 4.49 Å². The fourth-order valence-corrected chi connectivity index (χ4v) is 2.60. The summed E-state index contributed by atoms with van der Waals surface area (Å²) in [6.07, 6.45) is 1.79. The molecule has 0 heterocycles. The summed E-state index contributed by atoms with van der Waals surface area (Å²) in [5.41, 5.74) is -0.0191. The second kappa shape index (κ2) is 4.97. The smallest absolute Gasteiger partial charge is 0.226 e. The first kappa shape index (κ1) is 13.9. The van der Waals surface area contributed by atoms with Gasteiger partial charge in [-0.05, 0) is 31.3 Å². The first-order chi connectivity index (χ1) is 7.36. The Bertz CT molecular complexity index is 304. The van der Waals surface area contributed by atoms with Gasteiger partial charge in [0.15, 0.2) is 0 Å². The quantitative estimate of drug-likeness (QED) is 0.761. The number of hydrogen-bond acceptors (Lipinski definition) is 1. The van der Waals surface area contributed by atoms with Crippen molar-refractivity contribution in [2.24, 2.45) is 17.3 Å². The van der Waals surface area contributed by atoms with E-state index in [9.17, 15) is 4.79 Å². The van der Waals surface area contributed by atoms with E-state index in [1.165, 1.54) is 0 Å². The minimum Gasteiger partial charge on any atom is -0.343 e. The Morgan fingerprint density at radius 1 is 1.31 bits per heavy atom. The average molecular weight is 264 g/mol. The first-order valence-corrected chi connectivity index (χ1v) is 6.43. The predicted octanol–water partition coefficient (Wildman–Crippen LogP) is 3.45. The van der Waals surface area contributed by atoms with Crippen molar-refractivity contribution in [3.05, 3.63) is 10.6 Å². The van der Waals surface area contributed by atoms with Crippen LogP contribution < -0.4 is 0 Å². The minimum absolute atomic E-state index is 0.0191. The van der Waals surface area contributed by atoms with E-state index in [1.807, 2.05) is 18.7 Å². The zero-order chi connectivity index (χ0) is 12.5. The zero-order valence-corrected chi connectivity index (χ0v) is 11.8. The van der Waals surface area contributed by atoms with Gasteiger partial charge in [0.05, 0.1) is 5.92 Å². The van der Waals surface area contributed by atoms with Crippen LogP contribution in [0.5, 0.6) is 0 Å². The number of amides is 1. The maximum Gasteiger partial charge on any atom is 0.226 e. The lowest BCUT2D eigenvalue weighted by molar-refractivity contribution is -0.133. The predicted molar refractivity (Wildman–Crippen MR) is 68.5 cm³/mol. The number of rotatable bonds is 4. The molecule has 0 saturated heterocycles. The fraction of sp³-hybridized carbons (Fsp3) is 0.750. The molecule has 0 spiro atoms. The number of carbonyl (C=O) groups excluding carboxylic acids is 1. The molecule has 92 valence electrons. The lowest BCUT2D eigenvalue weighted by atomic mass is 10.1. The molecule has 16 heavy (non-hydrogen) atoms. The Morgan fingerprint density at radius 2 is 1.81 bits per heavy atom. The van der Waals surface area contributed by atoms with Gasteiger partial charge in [0, 0.05) is 13.1 Å². The van der Waals surface area contributed by atoms with E-state index in [1.54, 1.807) is 6.08 Å². The standard InChI is InChI=1S/C12H19Cl2NO/c1-5-15(6-2)11(16)10-8(7-9(13)14)12(10,3)4/h7-8,10H,5-6H2,1-4H3. The van der Waals surface area contributed by atoms with E-state index >= 15 is 0 Å². The topological polar surface area (TPSA) is 20.3 Å². The Kier molecular flexibility index (Phi) is 4.30. The van der Waals surface area contributed by atoms with Crippen LogP contribution in [0, 0.1) is 17.3 Å². The highest BCUT2D eigenvalue weighted by Crippen LogP contribution is 2.60. The highest BCUT2D eigenvalue weighted by atomic mass is 35.5. The summed E-state index contributed by atoms with van der Waals surface area (Å²) in [7, 11) is 0. The van der Waals surface area contributed by atoms with Crippen LogP contribution in [0.2, 0.25) is 0 Å². The molecule has 0 radical (unpaired) electrons. The number of halogens is 2. The van der Waals surface area contributed by atoms with E-state index in [0.717, 1.165) is 13.1 Å². The number of hydrogen-bond donors (Lipinski definition) is 0. The Balaban J connectivity index is 2.76. The molecule has 1 amide bonds. The molecule has 1 aliphatic carbocycles. The monoisotopic (exact) mass is 263 g/mol. The molecule has 2 nitrogen and oxygen atoms in total. The van der Waals surface area contributed by atoms with Crippen molar-refractivity contribution < 1.29 is 4.79 Å². The molecule has 1 saturated carbocycles. The van der Waals surface area contributed by atoms with Gasteiger partial charge in [-0.2, -0.15) is 0 Å². The van der Waals surface area contributed by atoms with Crippen LogP contribution in [0.3, 0.4) is 0 Å². The Hall–Kier alpha value is -0.210. The summed E-state index contributed by atoms with van der Waals surface area (Å²) in [4.78, 5) is 14.0. The number of carbonyl (C=O) groups is 1. The molecule has 0 bridgehead atoms. The van der Waals surface area contributed by atoms with E-state index in [4.69, 9.17) is 23.2 Å². The van der Waals surface area contributed by atoms with Crippen LogP contribution >= 0.6 is 23.2 Å². The minimum atomic E-state index is -0.0191. The van der Waals surface area contributed by atoms with Gasteiger partial charge in [-0.3, -0.25) is 4.79 Å². The highest BCUT2D eigenvalue weighted by Gasteiger charge is 2.61. The van der Waals surface area contributed by atoms with Gasteiger partial charge in [0.2, 0.25) is 5.91 Å². The molecule has 2 unspecified atom stereocenters. The molecule has 2 atom stereocenters. The largest absolute Gasteiger partial charge is 0.343 e. The molecule has 0 aliphatic heterocycles. The third-order valence-electron chi connectivity index (χ3n) is 3.56. The molecule has 1 fully saturated rings. The van der Waals surface area contributed by atoms with Crippen LogP contribution in [-0.4, -0.2) is 23.9 Å². The second-order valence-corrected chi connectivity index (χ2v) is 5.80. The van der Waals surface area contributed by atoms with Crippen LogP contribution in [0.4, 0.5) is 0 Å². The molecule has 4 heteroatoms. The summed E-state index contributed by atoms with van der Waals surface area (Å²) < 4.78 is 0.257. The van der Waals surface area contributed by atoms with Crippen molar-refractivity contribution in [2.75, 3.05) is 13.1 Å². The van der Waals surface area contributed by atoms with Gasteiger partial charge in [-0.1, -0.05) is 37.0 Å². The lowest BCUT2D eigenvalue weighted by Crippen LogP contribution is -2.33. The van der Waals surface area contributed by atoms with Gasteiger partial charge < -0.3 is 4.90 Å². The number of allylic oxidation sites excluding steroid dienone is 1. The van der Waals surface area contributed by atoms with Crippen molar-refractivity contribution in [3.8, 4) is 0 Å². The van der Waals surface area contributed by atoms with Crippen molar-refractivity contribution in [1.82, 2.24) is 4.90 Å². The normalized spacial score (nSPS) is 26.1. The van der Waals surface area contributed by atoms with E-state index in [2.05, 4.69) is 13.8 Å². The Labute approximate surface area is 108 Å². The summed E-state index contributed by atoms with van der Waals surface area (Å²) in [6, 6.07) is 0. The third-order valence-corrected chi connectivity index (χ3v) is 3.81. The second-order valence-electron chi connectivity index (χ2n) is 4.79. The zero-order valence-electron chi connectivity index (χ0n) is 10.3. The van der Waals surface area contributed by atoms with Gasteiger partial charge >= 0.3 is 0 Å². The first-order valence-electron chi connectivity index (χ1n) is 5.67. The molecule has 0 aromatic heterocycles. The van der Waals surface area contributed by atoms with Crippen LogP contribution in [0.15, 0.2) is 10.6 Å². The SMILES string of the molecule is CCN(CC)C(=O)C1C(C=C(Cl)Cl)C1(C)C. The maximum absolute atomic E-state index is 12.2. The third kappa shape index (κ3) is 2.54. The number of nitrogens with zero attached hydrogens (tertiary/aromatic N) is 1. The van der Waals surface area contributed by atoms with E-state index < -0.39 is 0 Å². The van der Waals surface area contributed by atoms with E-state index in [-0.39, 0.29) is 27.6 Å². The van der Waals surface area contributed by atoms with Crippen LogP contribution in [0.25, 0.3) is 0 Å². The van der Waals surface area contributed by atoms with Gasteiger partial charge in [-0.25, -0.2) is 0 Å². The van der Waals surface area contributed by atoms with Crippen molar-refractivity contribution in [2.45, 2.75) is 27.7 Å². The lowest BCUT2D eigenvalue weighted by Gasteiger charge is -2.19. The molecular weight excluding hydrogens is 245 g/mol. The molecule has 0 N–H and O–H groups in total. The molecule has 1 aliphatic rings. The molecular formula is C12H19Cl2NO. The summed E-state index contributed by atoms with van der Waals surface area (Å²) in [5.74, 6) is 0.413. The van der Waals surface area contributed by atoms with Gasteiger partial charge in [0.25, 0.3) is 0 Å². The van der Waals surface area contributed by atoms with Crippen LogP contribution in [0.1, 0.15) is 27.7 Å². The van der Waals surface area contributed by atoms with Crippen molar-refractivity contribution >= 4 is 29.1 Å². The van der Waals surface area contributed by atoms with E-state index in [0.29, 0.717) is 0 Å². The summed E-state index contributed by atoms with van der Waals surface area (Å²) in [6.45, 7) is 9.67. The Morgan fingerprint density at radius 3 is 2.19 bits per heavy atom. The average Bonchev–Trinajstić information content (AvgIpc) is 2.68.